The van der Waals surface area contributed by atoms with E-state index >= 15 is 0 Å². The third-order valence-corrected chi connectivity index (χ3v) is 2.06. The smallest absolute Gasteiger partial charge is 0.326 e. The first kappa shape index (κ1) is 12.2. The minimum Gasteiger partial charge on any atom is -0.480 e. The van der Waals surface area contributed by atoms with E-state index in [9.17, 15) is 9.59 Å². The number of aliphatic hydroxyl groups excluding tert-OH is 1. The molecule has 0 bridgehead atoms. The van der Waals surface area contributed by atoms with Crippen molar-refractivity contribution < 1.29 is 19.8 Å². The Kier molecular flexibility index (Phi) is 4.47. The van der Waals surface area contributed by atoms with Crippen molar-refractivity contribution in [3.63, 3.8) is 0 Å². The average molecular weight is 223 g/mol. The summed E-state index contributed by atoms with van der Waals surface area (Å²) in [5.41, 5.74) is 0.813. The topological polar surface area (TPSA) is 86.6 Å². The van der Waals surface area contributed by atoms with Gasteiger partial charge >= 0.3 is 5.97 Å². The lowest BCUT2D eigenvalue weighted by Crippen LogP contribution is -2.43. The van der Waals surface area contributed by atoms with Gasteiger partial charge in [0, 0.05) is 6.42 Å². The summed E-state index contributed by atoms with van der Waals surface area (Å²) in [5, 5.41) is 19.6. The monoisotopic (exact) mass is 223 g/mol. The van der Waals surface area contributed by atoms with Crippen molar-refractivity contribution >= 4 is 11.9 Å². The van der Waals surface area contributed by atoms with Gasteiger partial charge in [0.05, 0.1) is 0 Å². The van der Waals surface area contributed by atoms with Crippen LogP contribution in [-0.2, 0) is 16.0 Å². The number of carbonyl (C=O) groups is 2. The van der Waals surface area contributed by atoms with Crippen molar-refractivity contribution in [3.05, 3.63) is 35.9 Å². The van der Waals surface area contributed by atoms with Crippen molar-refractivity contribution in [2.45, 2.75) is 12.5 Å². The van der Waals surface area contributed by atoms with Gasteiger partial charge in [-0.3, -0.25) is 4.79 Å². The van der Waals surface area contributed by atoms with E-state index in [0.717, 1.165) is 5.56 Å². The van der Waals surface area contributed by atoms with Crippen LogP contribution in [0.3, 0.4) is 0 Å². The summed E-state index contributed by atoms with van der Waals surface area (Å²) in [5.74, 6) is -1.81. The second-order valence-corrected chi connectivity index (χ2v) is 3.31. The van der Waals surface area contributed by atoms with Gasteiger partial charge in [-0.15, -0.1) is 0 Å². The van der Waals surface area contributed by atoms with Crippen molar-refractivity contribution in [1.29, 1.82) is 0 Å². The second kappa shape index (κ2) is 5.87. The van der Waals surface area contributed by atoms with E-state index in [1.54, 1.807) is 24.3 Å². The molecule has 0 aromatic heterocycles. The molecule has 0 radical (unpaired) electrons. The summed E-state index contributed by atoms with van der Waals surface area (Å²) in [6.07, 6.45) is 0.196. The maximum atomic E-state index is 10.9. The number of aliphatic hydroxyl groups is 1. The Hall–Kier alpha value is -1.88. The van der Waals surface area contributed by atoms with Crippen LogP contribution in [0.5, 0.6) is 0 Å². The molecule has 0 aliphatic heterocycles. The molecule has 0 aliphatic rings. The van der Waals surface area contributed by atoms with E-state index < -0.39 is 24.5 Å². The minimum absolute atomic E-state index is 0.196. The molecule has 0 saturated carbocycles. The maximum Gasteiger partial charge on any atom is 0.326 e. The number of hydrogen-bond acceptors (Lipinski definition) is 3. The summed E-state index contributed by atoms with van der Waals surface area (Å²) >= 11 is 0. The Labute approximate surface area is 92.7 Å². The van der Waals surface area contributed by atoms with Crippen LogP contribution in [0, 0.1) is 0 Å². The van der Waals surface area contributed by atoms with Crippen LogP contribution < -0.4 is 5.32 Å². The van der Waals surface area contributed by atoms with Crippen molar-refractivity contribution in [2.75, 3.05) is 6.61 Å². The maximum absolute atomic E-state index is 10.9. The van der Waals surface area contributed by atoms with Crippen LogP contribution in [0.1, 0.15) is 5.56 Å². The number of amides is 1. The van der Waals surface area contributed by atoms with Gasteiger partial charge in [-0.2, -0.15) is 0 Å². The van der Waals surface area contributed by atoms with Gasteiger partial charge in [-0.05, 0) is 5.56 Å². The zero-order valence-electron chi connectivity index (χ0n) is 8.59. The first-order valence-electron chi connectivity index (χ1n) is 4.80. The van der Waals surface area contributed by atoms with E-state index in [2.05, 4.69) is 5.32 Å². The lowest BCUT2D eigenvalue weighted by atomic mass is 10.1. The molecule has 1 atom stereocenters. The molecular formula is C11H13NO4. The van der Waals surface area contributed by atoms with E-state index in [4.69, 9.17) is 10.2 Å². The van der Waals surface area contributed by atoms with Crippen LogP contribution in [0.2, 0.25) is 0 Å². The number of rotatable bonds is 5. The largest absolute Gasteiger partial charge is 0.480 e. The highest BCUT2D eigenvalue weighted by Crippen LogP contribution is 2.03. The SMILES string of the molecule is O=C(CO)N[C@@H](Cc1ccccc1)C(=O)O. The first-order chi connectivity index (χ1) is 7.63. The molecule has 0 heterocycles. The van der Waals surface area contributed by atoms with E-state index in [1.807, 2.05) is 6.07 Å². The molecular weight excluding hydrogens is 210 g/mol. The van der Waals surface area contributed by atoms with Crippen LogP contribution in [0.25, 0.3) is 0 Å². The average Bonchev–Trinajstić information content (AvgIpc) is 2.29. The second-order valence-electron chi connectivity index (χ2n) is 3.31. The molecule has 1 aromatic carbocycles. The van der Waals surface area contributed by atoms with Gasteiger partial charge in [0.2, 0.25) is 5.91 Å². The minimum atomic E-state index is -1.12. The fraction of sp³-hybridized carbons (Fsp3) is 0.273. The number of nitrogens with one attached hydrogen (secondary N) is 1. The lowest BCUT2D eigenvalue weighted by Gasteiger charge is -2.13. The predicted molar refractivity (Wildman–Crippen MR) is 56.8 cm³/mol. The van der Waals surface area contributed by atoms with Gasteiger partial charge in [0.15, 0.2) is 0 Å². The number of carboxylic acids is 1. The first-order valence-corrected chi connectivity index (χ1v) is 4.80. The Balaban J connectivity index is 2.65. The molecule has 1 aromatic rings. The van der Waals surface area contributed by atoms with Crippen LogP contribution in [-0.4, -0.2) is 34.7 Å². The fourth-order valence-corrected chi connectivity index (χ4v) is 1.29. The van der Waals surface area contributed by atoms with Gasteiger partial charge in [0.25, 0.3) is 0 Å². The highest BCUT2D eigenvalue weighted by molar-refractivity contribution is 5.84. The van der Waals surface area contributed by atoms with Crippen molar-refractivity contribution in [1.82, 2.24) is 5.32 Å². The Bertz CT molecular complexity index is 364. The van der Waals surface area contributed by atoms with Crippen molar-refractivity contribution in [2.24, 2.45) is 0 Å². The van der Waals surface area contributed by atoms with Crippen LogP contribution in [0.4, 0.5) is 0 Å². The third-order valence-electron chi connectivity index (χ3n) is 2.06. The van der Waals surface area contributed by atoms with Gasteiger partial charge < -0.3 is 15.5 Å². The summed E-state index contributed by atoms with van der Waals surface area (Å²) in [7, 11) is 0. The molecule has 0 saturated heterocycles. The number of benzene rings is 1. The van der Waals surface area contributed by atoms with Gasteiger partial charge in [-0.1, -0.05) is 30.3 Å². The molecule has 0 unspecified atom stereocenters. The molecule has 5 nitrogen and oxygen atoms in total. The van der Waals surface area contributed by atoms with E-state index in [1.165, 1.54) is 0 Å². The number of aliphatic carboxylic acids is 1. The molecule has 5 heteroatoms. The van der Waals surface area contributed by atoms with Crippen molar-refractivity contribution in [3.8, 4) is 0 Å². The molecule has 16 heavy (non-hydrogen) atoms. The van der Waals surface area contributed by atoms with Gasteiger partial charge in [-0.25, -0.2) is 4.79 Å². The van der Waals surface area contributed by atoms with E-state index in [-0.39, 0.29) is 6.42 Å². The highest BCUT2D eigenvalue weighted by atomic mass is 16.4. The Morgan fingerprint density at radius 2 is 1.88 bits per heavy atom. The molecule has 3 N–H and O–H groups in total. The van der Waals surface area contributed by atoms with Crippen LogP contribution >= 0.6 is 0 Å². The normalized spacial score (nSPS) is 11.8. The quantitative estimate of drug-likeness (QED) is 0.644. The predicted octanol–water partition coefficient (Wildman–Crippen LogP) is -0.209. The number of hydrogen-bond donors (Lipinski definition) is 3. The number of carbonyl (C=O) groups excluding carboxylic acids is 1. The molecule has 1 amide bonds. The molecule has 0 aliphatic carbocycles. The lowest BCUT2D eigenvalue weighted by molar-refractivity contribution is -0.142. The third kappa shape index (κ3) is 3.70. The summed E-state index contributed by atoms with van der Waals surface area (Å²) in [6.45, 7) is -0.710. The molecule has 1 rings (SSSR count). The standard InChI is InChI=1S/C11H13NO4/c13-7-10(14)12-9(11(15)16)6-8-4-2-1-3-5-8/h1-5,9,13H,6-7H2,(H,12,14)(H,15,16)/t9-/m0/s1. The fourth-order valence-electron chi connectivity index (χ4n) is 1.29. The summed E-state index contributed by atoms with van der Waals surface area (Å²) in [6, 6.07) is 7.96. The highest BCUT2D eigenvalue weighted by Gasteiger charge is 2.19. The van der Waals surface area contributed by atoms with Crippen LogP contribution in [0.15, 0.2) is 30.3 Å². The zero-order chi connectivity index (χ0) is 12.0. The molecule has 0 fully saturated rings. The van der Waals surface area contributed by atoms with E-state index in [0.29, 0.717) is 0 Å². The Morgan fingerprint density at radius 3 is 2.38 bits per heavy atom. The molecule has 0 spiro atoms. The van der Waals surface area contributed by atoms with Gasteiger partial charge in [0.1, 0.15) is 12.6 Å². The molecule has 86 valence electrons. The zero-order valence-corrected chi connectivity index (χ0v) is 8.59. The summed E-state index contributed by atoms with van der Waals surface area (Å²) < 4.78 is 0. The summed E-state index contributed by atoms with van der Waals surface area (Å²) in [4.78, 5) is 21.8. The number of carboxylic acid groups (broad SMARTS) is 1. The Morgan fingerprint density at radius 1 is 1.25 bits per heavy atom.